The Morgan fingerprint density at radius 3 is 2.00 bits per heavy atom. The van der Waals surface area contributed by atoms with Gasteiger partial charge in [-0.1, -0.05) is 30.3 Å². The van der Waals surface area contributed by atoms with Crippen LogP contribution in [0.5, 0.6) is 0 Å². The van der Waals surface area contributed by atoms with Crippen molar-refractivity contribution in [2.24, 2.45) is 0 Å². The Labute approximate surface area is 157 Å². The summed E-state index contributed by atoms with van der Waals surface area (Å²) in [5.41, 5.74) is 0.911. The number of carbonyl (C=O) groups is 1. The van der Waals surface area contributed by atoms with Crippen LogP contribution in [0.25, 0.3) is 0 Å². The SMILES string of the molecule is Cl.Cl.O=CC1(c2ccccc2)CCN(CCN2CCOCC2)CC1. The number of nitrogens with zero attached hydrogens (tertiary/aromatic N) is 2. The average Bonchev–Trinajstić information content (AvgIpc) is 2.62. The highest BCUT2D eigenvalue weighted by atomic mass is 35.5. The van der Waals surface area contributed by atoms with Crippen molar-refractivity contribution in [2.75, 3.05) is 52.5 Å². The van der Waals surface area contributed by atoms with Gasteiger partial charge in [-0.2, -0.15) is 0 Å². The molecule has 0 spiro atoms. The van der Waals surface area contributed by atoms with Crippen LogP contribution in [0.3, 0.4) is 0 Å². The highest BCUT2D eigenvalue weighted by Gasteiger charge is 2.35. The maximum Gasteiger partial charge on any atom is 0.130 e. The monoisotopic (exact) mass is 374 g/mol. The molecule has 1 aromatic rings. The summed E-state index contributed by atoms with van der Waals surface area (Å²) in [5.74, 6) is 0. The second-order valence-corrected chi connectivity index (χ2v) is 6.44. The van der Waals surface area contributed by atoms with Crippen molar-refractivity contribution in [1.29, 1.82) is 0 Å². The highest BCUT2D eigenvalue weighted by Crippen LogP contribution is 2.33. The van der Waals surface area contributed by atoms with Crippen LogP contribution in [0, 0.1) is 0 Å². The van der Waals surface area contributed by atoms with E-state index in [9.17, 15) is 4.79 Å². The van der Waals surface area contributed by atoms with E-state index in [1.807, 2.05) is 18.2 Å². The van der Waals surface area contributed by atoms with Gasteiger partial charge in [0.1, 0.15) is 6.29 Å². The van der Waals surface area contributed by atoms with Gasteiger partial charge in [0.05, 0.1) is 18.6 Å². The molecular formula is C18H28Cl2N2O2. The number of rotatable bonds is 5. The summed E-state index contributed by atoms with van der Waals surface area (Å²) in [5, 5.41) is 0. The first-order valence-electron chi connectivity index (χ1n) is 8.37. The van der Waals surface area contributed by atoms with E-state index in [2.05, 4.69) is 21.9 Å². The molecule has 3 rings (SSSR count). The number of hydrogen-bond donors (Lipinski definition) is 0. The second kappa shape index (κ2) is 10.4. The van der Waals surface area contributed by atoms with E-state index in [4.69, 9.17) is 4.74 Å². The third-order valence-corrected chi connectivity index (χ3v) is 5.16. The van der Waals surface area contributed by atoms with Crippen LogP contribution in [-0.2, 0) is 14.9 Å². The molecule has 2 aliphatic heterocycles. The van der Waals surface area contributed by atoms with Crippen molar-refractivity contribution in [3.05, 3.63) is 35.9 Å². The Bertz CT molecular complexity index is 473. The molecule has 0 aromatic heterocycles. The molecule has 4 nitrogen and oxygen atoms in total. The Morgan fingerprint density at radius 2 is 1.46 bits per heavy atom. The quantitative estimate of drug-likeness (QED) is 0.740. The molecule has 6 heteroatoms. The number of likely N-dealkylation sites (tertiary alicyclic amines) is 1. The number of piperidine rings is 1. The molecule has 24 heavy (non-hydrogen) atoms. The van der Waals surface area contributed by atoms with Gasteiger partial charge in [0.25, 0.3) is 0 Å². The number of morpholine rings is 1. The Kier molecular flexibility index (Phi) is 9.24. The summed E-state index contributed by atoms with van der Waals surface area (Å²) in [6, 6.07) is 10.3. The number of ether oxygens (including phenoxy) is 1. The summed E-state index contributed by atoms with van der Waals surface area (Å²) in [6.07, 6.45) is 3.05. The van der Waals surface area contributed by atoms with Gasteiger partial charge in [0.15, 0.2) is 0 Å². The van der Waals surface area contributed by atoms with Gasteiger partial charge in [-0.15, -0.1) is 24.8 Å². The summed E-state index contributed by atoms with van der Waals surface area (Å²) in [6.45, 7) is 8.07. The molecule has 2 fully saturated rings. The zero-order valence-electron chi connectivity index (χ0n) is 14.1. The van der Waals surface area contributed by atoms with Crippen molar-refractivity contribution in [2.45, 2.75) is 18.3 Å². The molecule has 0 atom stereocenters. The van der Waals surface area contributed by atoms with Crippen LogP contribution in [0.4, 0.5) is 0 Å². The Hall–Kier alpha value is -0.650. The lowest BCUT2D eigenvalue weighted by atomic mass is 9.74. The van der Waals surface area contributed by atoms with Crippen molar-refractivity contribution >= 4 is 31.1 Å². The third-order valence-electron chi connectivity index (χ3n) is 5.16. The fourth-order valence-corrected chi connectivity index (χ4v) is 3.53. The largest absolute Gasteiger partial charge is 0.379 e. The normalized spacial score (nSPS) is 21.3. The maximum atomic E-state index is 11.8. The molecule has 0 saturated carbocycles. The standard InChI is InChI=1S/C18H26N2O2.2ClH/c21-16-18(17-4-2-1-3-5-17)6-8-19(9-7-18)10-11-20-12-14-22-15-13-20;;/h1-5,16H,6-15H2;2*1H. The van der Waals surface area contributed by atoms with Crippen molar-refractivity contribution in [3.63, 3.8) is 0 Å². The smallest absolute Gasteiger partial charge is 0.130 e. The van der Waals surface area contributed by atoms with Crippen LogP contribution in [0.2, 0.25) is 0 Å². The minimum Gasteiger partial charge on any atom is -0.379 e. The predicted octanol–water partition coefficient (Wildman–Crippen LogP) is 2.39. The van der Waals surface area contributed by atoms with Crippen molar-refractivity contribution < 1.29 is 9.53 Å². The van der Waals surface area contributed by atoms with E-state index in [-0.39, 0.29) is 30.2 Å². The first-order chi connectivity index (χ1) is 10.8. The van der Waals surface area contributed by atoms with E-state index in [0.29, 0.717) is 0 Å². The molecule has 0 aliphatic carbocycles. The van der Waals surface area contributed by atoms with Crippen LogP contribution in [-0.4, -0.2) is 68.6 Å². The van der Waals surface area contributed by atoms with Crippen LogP contribution < -0.4 is 0 Å². The van der Waals surface area contributed by atoms with E-state index in [1.165, 1.54) is 11.8 Å². The molecule has 2 saturated heterocycles. The predicted molar refractivity (Wildman–Crippen MR) is 102 cm³/mol. The molecule has 1 aromatic carbocycles. The Balaban J connectivity index is 0.00000144. The number of hydrogen-bond acceptors (Lipinski definition) is 4. The van der Waals surface area contributed by atoms with Gasteiger partial charge in [0, 0.05) is 26.2 Å². The van der Waals surface area contributed by atoms with Crippen LogP contribution in [0.15, 0.2) is 30.3 Å². The van der Waals surface area contributed by atoms with Crippen LogP contribution in [0.1, 0.15) is 18.4 Å². The number of benzene rings is 1. The third kappa shape index (κ3) is 5.17. The van der Waals surface area contributed by atoms with Crippen molar-refractivity contribution in [1.82, 2.24) is 9.80 Å². The molecule has 2 aliphatic rings. The van der Waals surface area contributed by atoms with Crippen LogP contribution >= 0.6 is 24.8 Å². The minimum absolute atomic E-state index is 0. The number of halogens is 2. The fraction of sp³-hybridized carbons (Fsp3) is 0.611. The van der Waals surface area contributed by atoms with Gasteiger partial charge in [0.2, 0.25) is 0 Å². The lowest BCUT2D eigenvalue weighted by molar-refractivity contribution is -0.114. The topological polar surface area (TPSA) is 32.8 Å². The molecule has 0 N–H and O–H groups in total. The molecule has 0 bridgehead atoms. The molecule has 136 valence electrons. The highest BCUT2D eigenvalue weighted by molar-refractivity contribution is 5.85. The fourth-order valence-electron chi connectivity index (χ4n) is 3.53. The van der Waals surface area contributed by atoms with E-state index >= 15 is 0 Å². The summed E-state index contributed by atoms with van der Waals surface area (Å²) < 4.78 is 5.39. The number of carbonyl (C=O) groups excluding carboxylic acids is 1. The molecule has 2 heterocycles. The average molecular weight is 375 g/mol. The number of aldehydes is 1. The van der Waals surface area contributed by atoms with Crippen molar-refractivity contribution in [3.8, 4) is 0 Å². The summed E-state index contributed by atoms with van der Waals surface area (Å²) in [7, 11) is 0. The zero-order chi connectivity index (χ0) is 15.3. The summed E-state index contributed by atoms with van der Waals surface area (Å²) in [4.78, 5) is 16.7. The van der Waals surface area contributed by atoms with Gasteiger partial charge < -0.3 is 14.4 Å². The maximum absolute atomic E-state index is 11.8. The van der Waals surface area contributed by atoms with Gasteiger partial charge in [-0.05, 0) is 31.5 Å². The minimum atomic E-state index is -0.267. The molecular weight excluding hydrogens is 347 g/mol. The first-order valence-corrected chi connectivity index (χ1v) is 8.37. The molecule has 0 unspecified atom stereocenters. The summed E-state index contributed by atoms with van der Waals surface area (Å²) >= 11 is 0. The lowest BCUT2D eigenvalue weighted by Gasteiger charge is -2.39. The van der Waals surface area contributed by atoms with E-state index in [0.717, 1.165) is 65.3 Å². The molecule has 0 amide bonds. The van der Waals surface area contributed by atoms with Gasteiger partial charge in [-0.25, -0.2) is 0 Å². The van der Waals surface area contributed by atoms with E-state index in [1.54, 1.807) is 0 Å². The zero-order valence-corrected chi connectivity index (χ0v) is 15.7. The van der Waals surface area contributed by atoms with Gasteiger partial charge >= 0.3 is 0 Å². The second-order valence-electron chi connectivity index (χ2n) is 6.44. The molecule has 0 radical (unpaired) electrons. The lowest BCUT2D eigenvalue weighted by Crippen LogP contribution is -2.47. The first kappa shape index (κ1) is 21.4. The van der Waals surface area contributed by atoms with E-state index < -0.39 is 0 Å². The van der Waals surface area contributed by atoms with Gasteiger partial charge in [-0.3, -0.25) is 4.90 Å². The Morgan fingerprint density at radius 1 is 0.917 bits per heavy atom.